The van der Waals surface area contributed by atoms with Gasteiger partial charge < -0.3 is 9.30 Å². The molecule has 3 rings (SSSR count). The number of ether oxygens (including phenoxy) is 1. The molecule has 1 saturated carbocycles. The summed E-state index contributed by atoms with van der Waals surface area (Å²) in [6.07, 6.45) is 6.53. The molecule has 0 spiro atoms. The van der Waals surface area contributed by atoms with Gasteiger partial charge in [0, 0.05) is 18.7 Å². The molecule has 0 saturated heterocycles. The third kappa shape index (κ3) is 3.46. The number of hydrogen-bond donors (Lipinski definition) is 0. The van der Waals surface area contributed by atoms with Crippen molar-refractivity contribution in [3.63, 3.8) is 0 Å². The molecule has 0 unspecified atom stereocenters. The van der Waals surface area contributed by atoms with Crippen molar-refractivity contribution in [2.45, 2.75) is 48.9 Å². The van der Waals surface area contributed by atoms with Crippen molar-refractivity contribution in [3.8, 4) is 5.75 Å². The predicted octanol–water partition coefficient (Wildman–Crippen LogP) is 4.16. The molecule has 1 fully saturated rings. The smallest absolute Gasteiger partial charge is 0.191 e. The van der Waals surface area contributed by atoms with Gasteiger partial charge in [-0.05, 0) is 30.5 Å². The van der Waals surface area contributed by atoms with E-state index in [1.807, 2.05) is 12.1 Å². The van der Waals surface area contributed by atoms with Crippen LogP contribution in [-0.4, -0.2) is 21.9 Å². The van der Waals surface area contributed by atoms with Crippen LogP contribution in [0.2, 0.25) is 0 Å². The summed E-state index contributed by atoms with van der Waals surface area (Å²) in [5.74, 6) is 3.54. The fraction of sp³-hybridized carbons (Fsp3) is 0.529. The lowest BCUT2D eigenvalue weighted by atomic mass is 9.89. The van der Waals surface area contributed by atoms with Crippen LogP contribution in [0, 0.1) is 0 Å². The first kappa shape index (κ1) is 15.4. The summed E-state index contributed by atoms with van der Waals surface area (Å²) in [5, 5.41) is 9.85. The highest BCUT2D eigenvalue weighted by atomic mass is 32.2. The van der Waals surface area contributed by atoms with Gasteiger partial charge in [0.15, 0.2) is 5.16 Å². The summed E-state index contributed by atoms with van der Waals surface area (Å²) in [4.78, 5) is 0. The Morgan fingerprint density at radius 1 is 1.23 bits per heavy atom. The first-order valence-electron chi connectivity index (χ1n) is 7.93. The second kappa shape index (κ2) is 7.18. The zero-order valence-corrected chi connectivity index (χ0v) is 14.1. The molecule has 1 aliphatic rings. The fourth-order valence-corrected chi connectivity index (χ4v) is 3.94. The lowest BCUT2D eigenvalue weighted by Crippen LogP contribution is -2.10. The van der Waals surface area contributed by atoms with Crippen LogP contribution in [-0.2, 0) is 12.8 Å². The van der Waals surface area contributed by atoms with Gasteiger partial charge in [0.25, 0.3) is 0 Å². The fourth-order valence-electron chi connectivity index (χ4n) is 3.08. The van der Waals surface area contributed by atoms with Gasteiger partial charge >= 0.3 is 0 Å². The molecule has 1 aliphatic carbocycles. The summed E-state index contributed by atoms with van der Waals surface area (Å²) in [5.41, 5.74) is 1.24. The Kier molecular flexibility index (Phi) is 5.03. The van der Waals surface area contributed by atoms with Crippen LogP contribution >= 0.6 is 11.8 Å². The molecule has 5 heteroatoms. The number of benzene rings is 1. The summed E-state index contributed by atoms with van der Waals surface area (Å²) in [7, 11) is 3.79. The van der Waals surface area contributed by atoms with Gasteiger partial charge in [-0.15, -0.1) is 10.2 Å². The first-order valence-corrected chi connectivity index (χ1v) is 8.91. The second-order valence-electron chi connectivity index (χ2n) is 5.87. The van der Waals surface area contributed by atoms with Crippen LogP contribution < -0.4 is 4.74 Å². The second-order valence-corrected chi connectivity index (χ2v) is 6.82. The van der Waals surface area contributed by atoms with Gasteiger partial charge in [0.1, 0.15) is 11.6 Å². The van der Waals surface area contributed by atoms with Crippen LogP contribution in [0.1, 0.15) is 49.4 Å². The number of hydrogen-bond acceptors (Lipinski definition) is 4. The number of nitrogens with zero attached hydrogens (tertiary/aromatic N) is 3. The first-order chi connectivity index (χ1) is 10.8. The Hall–Kier alpha value is -1.49. The molecule has 4 nitrogen and oxygen atoms in total. The largest absolute Gasteiger partial charge is 0.497 e. The minimum Gasteiger partial charge on any atom is -0.497 e. The molecule has 2 aromatic rings. The van der Waals surface area contributed by atoms with Crippen molar-refractivity contribution >= 4 is 11.8 Å². The van der Waals surface area contributed by atoms with Gasteiger partial charge in [-0.2, -0.15) is 0 Å². The Labute approximate surface area is 136 Å². The zero-order chi connectivity index (χ0) is 15.4. The van der Waals surface area contributed by atoms with Crippen molar-refractivity contribution < 1.29 is 4.74 Å². The van der Waals surface area contributed by atoms with Crippen LogP contribution in [0.4, 0.5) is 0 Å². The Balaban J connectivity index is 1.66. The topological polar surface area (TPSA) is 39.9 Å². The van der Waals surface area contributed by atoms with Gasteiger partial charge in [-0.25, -0.2) is 0 Å². The van der Waals surface area contributed by atoms with E-state index in [9.17, 15) is 0 Å². The van der Waals surface area contributed by atoms with Crippen LogP contribution in [0.5, 0.6) is 5.75 Å². The van der Waals surface area contributed by atoms with E-state index < -0.39 is 0 Å². The molecule has 0 atom stereocenters. The Bertz CT molecular complexity index is 620. The molecular formula is C17H23N3OS. The molecule has 118 valence electrons. The number of methoxy groups -OCH3 is 1. The Morgan fingerprint density at radius 2 is 2.05 bits per heavy atom. The zero-order valence-electron chi connectivity index (χ0n) is 13.3. The van der Waals surface area contributed by atoms with Crippen molar-refractivity contribution in [2.75, 3.05) is 7.11 Å². The molecule has 1 heterocycles. The van der Waals surface area contributed by atoms with E-state index in [4.69, 9.17) is 4.74 Å². The van der Waals surface area contributed by atoms with Gasteiger partial charge in [0.05, 0.1) is 7.11 Å². The van der Waals surface area contributed by atoms with E-state index in [-0.39, 0.29) is 0 Å². The molecular weight excluding hydrogens is 294 g/mol. The van der Waals surface area contributed by atoms with Crippen molar-refractivity contribution in [1.29, 1.82) is 0 Å². The minimum absolute atomic E-state index is 0.595. The van der Waals surface area contributed by atoms with Crippen molar-refractivity contribution in [3.05, 3.63) is 35.7 Å². The molecule has 1 aromatic heterocycles. The third-order valence-electron chi connectivity index (χ3n) is 4.34. The lowest BCUT2D eigenvalue weighted by Gasteiger charge is -2.20. The minimum atomic E-state index is 0.595. The number of aromatic nitrogens is 3. The number of rotatable bonds is 5. The van der Waals surface area contributed by atoms with E-state index in [2.05, 4.69) is 33.9 Å². The molecule has 1 aromatic carbocycles. The summed E-state index contributed by atoms with van der Waals surface area (Å²) >= 11 is 1.74. The maximum atomic E-state index is 5.27. The third-order valence-corrected chi connectivity index (χ3v) is 5.43. The number of thioether (sulfide) groups is 1. The van der Waals surface area contributed by atoms with Gasteiger partial charge in [-0.1, -0.05) is 43.2 Å². The summed E-state index contributed by atoms with van der Waals surface area (Å²) in [6, 6.07) is 8.19. The van der Waals surface area contributed by atoms with Crippen LogP contribution in [0.3, 0.4) is 0 Å². The summed E-state index contributed by atoms with van der Waals surface area (Å²) < 4.78 is 7.45. The van der Waals surface area contributed by atoms with E-state index >= 15 is 0 Å². The maximum absolute atomic E-state index is 5.27. The molecule has 0 N–H and O–H groups in total. The molecule has 0 amide bonds. The molecule has 0 bridgehead atoms. The SMILES string of the molecule is COc1cccc(CSc2nnc(C3CCCCC3)n2C)c1. The normalized spacial score (nSPS) is 15.9. The Morgan fingerprint density at radius 3 is 2.82 bits per heavy atom. The van der Waals surface area contributed by atoms with Crippen molar-refractivity contribution in [2.24, 2.45) is 7.05 Å². The summed E-state index contributed by atoms with van der Waals surface area (Å²) in [6.45, 7) is 0. The van der Waals surface area contributed by atoms with Crippen LogP contribution in [0.25, 0.3) is 0 Å². The lowest BCUT2D eigenvalue weighted by molar-refractivity contribution is 0.414. The highest BCUT2D eigenvalue weighted by Gasteiger charge is 2.21. The van der Waals surface area contributed by atoms with E-state index in [0.29, 0.717) is 5.92 Å². The van der Waals surface area contributed by atoms with E-state index in [1.165, 1.54) is 37.7 Å². The van der Waals surface area contributed by atoms with Gasteiger partial charge in [0.2, 0.25) is 0 Å². The molecule has 0 aliphatic heterocycles. The van der Waals surface area contributed by atoms with E-state index in [0.717, 1.165) is 22.5 Å². The maximum Gasteiger partial charge on any atom is 0.191 e. The van der Waals surface area contributed by atoms with Crippen LogP contribution in [0.15, 0.2) is 29.4 Å². The average molecular weight is 317 g/mol. The highest BCUT2D eigenvalue weighted by molar-refractivity contribution is 7.98. The van der Waals surface area contributed by atoms with E-state index in [1.54, 1.807) is 18.9 Å². The predicted molar refractivity (Wildman–Crippen MR) is 89.4 cm³/mol. The standard InChI is InChI=1S/C17H23N3OS/c1-20-16(14-8-4-3-5-9-14)18-19-17(20)22-12-13-7-6-10-15(11-13)21-2/h6-7,10-11,14H,3-5,8-9,12H2,1-2H3. The van der Waals surface area contributed by atoms with Crippen molar-refractivity contribution in [1.82, 2.24) is 14.8 Å². The quantitative estimate of drug-likeness (QED) is 0.776. The monoisotopic (exact) mass is 317 g/mol. The van der Waals surface area contributed by atoms with Gasteiger partial charge in [-0.3, -0.25) is 0 Å². The molecule has 0 radical (unpaired) electrons. The highest BCUT2D eigenvalue weighted by Crippen LogP contribution is 2.33. The molecule has 22 heavy (non-hydrogen) atoms. The average Bonchev–Trinajstić information content (AvgIpc) is 2.95.